The second-order valence-electron chi connectivity index (χ2n) is 11.8. The summed E-state index contributed by atoms with van der Waals surface area (Å²) in [5.74, 6) is -0.564. The van der Waals surface area contributed by atoms with E-state index >= 15 is 0 Å². The third-order valence-electron chi connectivity index (χ3n) is 8.00. The minimum Gasteiger partial charge on any atom is -0.394 e. The summed E-state index contributed by atoms with van der Waals surface area (Å²) in [6.45, 7) is 0.546. The molecule has 0 bridgehead atoms. The van der Waals surface area contributed by atoms with Crippen molar-refractivity contribution in [3.63, 3.8) is 0 Å². The van der Waals surface area contributed by atoms with E-state index in [-0.39, 0.29) is 69.1 Å². The van der Waals surface area contributed by atoms with Crippen LogP contribution in [0.25, 0.3) is 11.2 Å². The lowest BCUT2D eigenvalue weighted by molar-refractivity contribution is -0.270. The summed E-state index contributed by atoms with van der Waals surface area (Å²) in [6, 6.07) is -1.04. The summed E-state index contributed by atoms with van der Waals surface area (Å²) in [4.78, 5) is 54.1. The Labute approximate surface area is 296 Å². The van der Waals surface area contributed by atoms with Crippen LogP contribution in [-0.2, 0) is 47.1 Å². The number of rotatable bonds is 21. The number of imidazole rings is 1. The largest absolute Gasteiger partial charge is 0.469 e. The van der Waals surface area contributed by atoms with Gasteiger partial charge in [-0.05, 0) is 12.8 Å². The average Bonchev–Trinajstić information content (AvgIpc) is 3.66. The van der Waals surface area contributed by atoms with Gasteiger partial charge in [0.25, 0.3) is 0 Å². The van der Waals surface area contributed by atoms with Crippen molar-refractivity contribution in [1.29, 1.82) is 0 Å². The van der Waals surface area contributed by atoms with E-state index in [9.17, 15) is 34.6 Å². The minimum absolute atomic E-state index is 0.0906. The first kappa shape index (κ1) is 41.8. The molecule has 0 aromatic carbocycles. The molecule has 23 nitrogen and oxygen atoms in total. The molecule has 4 heterocycles. The van der Waals surface area contributed by atoms with Crippen LogP contribution in [0.4, 0.5) is 5.82 Å². The molecule has 2 fully saturated rings. The molecule has 0 spiro atoms. The Bertz CT molecular complexity index is 1480. The molecule has 4 rings (SSSR count). The Hall–Kier alpha value is -3.00. The Kier molecular flexibility index (Phi) is 16.0. The Morgan fingerprint density at radius 2 is 1.75 bits per heavy atom. The molecule has 2 amide bonds. The number of nitrogens with one attached hydrogen (secondary N) is 2. The van der Waals surface area contributed by atoms with Crippen molar-refractivity contribution in [2.24, 2.45) is 0 Å². The summed E-state index contributed by atoms with van der Waals surface area (Å²) in [7, 11) is -4.85. The molecule has 0 saturated carbocycles. The number of aliphatic hydroxyl groups is 4. The van der Waals surface area contributed by atoms with Gasteiger partial charge in [-0.3, -0.25) is 18.7 Å². The van der Waals surface area contributed by atoms with Crippen LogP contribution in [-0.4, -0.2) is 163 Å². The number of carbonyl (C=O) groups excluding carboxylic acids is 2. The maximum Gasteiger partial charge on any atom is 0.469 e. The first-order valence-corrected chi connectivity index (χ1v) is 17.8. The minimum atomic E-state index is -4.85. The highest BCUT2D eigenvalue weighted by Crippen LogP contribution is 2.39. The lowest BCUT2D eigenvalue weighted by atomic mass is 9.97. The van der Waals surface area contributed by atoms with E-state index in [1.54, 1.807) is 0 Å². The number of unbranched alkanes of at least 4 members (excludes halogenated alkanes) is 1. The number of anilines is 1. The summed E-state index contributed by atoms with van der Waals surface area (Å²) >= 11 is 0. The number of aromatic nitrogens is 4. The highest BCUT2D eigenvalue weighted by Gasteiger charge is 2.47. The number of carbonyl (C=O) groups is 2. The van der Waals surface area contributed by atoms with E-state index in [0.717, 1.165) is 0 Å². The van der Waals surface area contributed by atoms with Crippen LogP contribution in [0.5, 0.6) is 0 Å². The van der Waals surface area contributed by atoms with Gasteiger partial charge in [0.2, 0.25) is 11.8 Å². The molecule has 10 N–H and O–H groups in total. The topological polar surface area (TPSA) is 331 Å². The van der Waals surface area contributed by atoms with Gasteiger partial charge in [0.05, 0.1) is 39.4 Å². The van der Waals surface area contributed by atoms with Crippen LogP contribution in [0.1, 0.15) is 32.4 Å². The lowest BCUT2D eigenvalue weighted by Gasteiger charge is -2.42. The van der Waals surface area contributed by atoms with Crippen molar-refractivity contribution < 1.29 is 77.3 Å². The Morgan fingerprint density at radius 1 is 0.981 bits per heavy atom. The zero-order valence-corrected chi connectivity index (χ0v) is 29.1. The number of phosphoric ester groups is 1. The second kappa shape index (κ2) is 19.9. The third-order valence-corrected chi connectivity index (χ3v) is 8.48. The van der Waals surface area contributed by atoms with Gasteiger partial charge >= 0.3 is 7.82 Å². The van der Waals surface area contributed by atoms with Gasteiger partial charge in [-0.1, -0.05) is 0 Å². The number of nitrogen functional groups attached to an aromatic ring is 1. The predicted molar refractivity (Wildman–Crippen MR) is 172 cm³/mol. The van der Waals surface area contributed by atoms with Gasteiger partial charge in [0.1, 0.15) is 61.3 Å². The number of aliphatic hydroxyl groups excluding tert-OH is 4. The third kappa shape index (κ3) is 11.8. The van der Waals surface area contributed by atoms with E-state index in [1.807, 2.05) is 0 Å². The number of amides is 2. The molecule has 0 aliphatic carbocycles. The van der Waals surface area contributed by atoms with Crippen LogP contribution in [0.15, 0.2) is 12.7 Å². The molecule has 2 aromatic rings. The summed E-state index contributed by atoms with van der Waals surface area (Å²) < 4.78 is 50.8. The molecule has 2 aliphatic rings. The number of nitrogens with two attached hydrogens (primary N) is 1. The van der Waals surface area contributed by atoms with Crippen LogP contribution >= 0.6 is 7.82 Å². The molecule has 2 aliphatic heterocycles. The molecule has 2 aromatic heterocycles. The zero-order valence-electron chi connectivity index (χ0n) is 28.2. The molecular formula is C28H46N7O16P. The molecule has 52 heavy (non-hydrogen) atoms. The van der Waals surface area contributed by atoms with Gasteiger partial charge in [-0.15, -0.1) is 0 Å². The van der Waals surface area contributed by atoms with E-state index in [0.29, 0.717) is 12.8 Å². The fourth-order valence-corrected chi connectivity index (χ4v) is 5.78. The average molecular weight is 768 g/mol. The Morgan fingerprint density at radius 3 is 2.48 bits per heavy atom. The number of nitrogens with zero attached hydrogens (tertiary/aromatic N) is 4. The van der Waals surface area contributed by atoms with Gasteiger partial charge < -0.3 is 75.0 Å². The van der Waals surface area contributed by atoms with Gasteiger partial charge in [-0.2, -0.15) is 0 Å². The van der Waals surface area contributed by atoms with E-state index < -0.39 is 82.1 Å². The zero-order chi connectivity index (χ0) is 37.8. The van der Waals surface area contributed by atoms with Crippen LogP contribution in [0.3, 0.4) is 0 Å². The number of ether oxygens (including phenoxy) is 6. The number of hydrogen-bond acceptors (Lipinski definition) is 18. The molecule has 9 atom stereocenters. The molecule has 2 unspecified atom stereocenters. The van der Waals surface area contributed by atoms with Crippen LogP contribution in [0.2, 0.25) is 0 Å². The van der Waals surface area contributed by atoms with Crippen molar-refractivity contribution in [2.75, 3.05) is 58.7 Å². The predicted octanol–water partition coefficient (Wildman–Crippen LogP) is -3.60. The fraction of sp³-hybridized carbons (Fsp3) is 0.750. The van der Waals surface area contributed by atoms with Crippen LogP contribution < -0.4 is 16.4 Å². The Balaban J connectivity index is 1.09. The SMILES string of the molecule is CC(=O)N[C@H]1C(OCCCCC(=O)NCCOCCOCO[C@@H]2[C@H](O)[C@@H](COP(=O)(O)O)O[C@H]2n2cnc3c(N)ncnc32)O[C@H](CO)C(O)[C@@H]1O. The van der Waals surface area contributed by atoms with E-state index in [4.69, 9.17) is 43.9 Å². The fourth-order valence-electron chi connectivity index (χ4n) is 5.44. The molecule has 2 saturated heterocycles. The number of fused-ring (bicyclic) bond motifs is 1. The monoisotopic (exact) mass is 767 g/mol. The molecule has 294 valence electrons. The highest BCUT2D eigenvalue weighted by atomic mass is 31.2. The number of phosphoric acid groups is 1. The van der Waals surface area contributed by atoms with Crippen molar-refractivity contribution >= 4 is 36.6 Å². The molecule has 24 heteroatoms. The van der Waals surface area contributed by atoms with Crippen LogP contribution in [0, 0.1) is 0 Å². The summed E-state index contributed by atoms with van der Waals surface area (Å²) in [5.41, 5.74) is 6.41. The first-order valence-electron chi connectivity index (χ1n) is 16.3. The van der Waals surface area contributed by atoms with Crippen molar-refractivity contribution in [1.82, 2.24) is 30.2 Å². The van der Waals surface area contributed by atoms with Gasteiger partial charge in [0.15, 0.2) is 24.0 Å². The molecule has 0 radical (unpaired) electrons. The normalized spacial score (nSPS) is 27.9. The first-order chi connectivity index (χ1) is 24.8. The quantitative estimate of drug-likeness (QED) is 0.0336. The maximum absolute atomic E-state index is 12.2. The number of hydrogen-bond donors (Lipinski definition) is 9. The molecular weight excluding hydrogens is 721 g/mol. The summed E-state index contributed by atoms with van der Waals surface area (Å²) in [6.07, 6.45) is -6.03. The van der Waals surface area contributed by atoms with Gasteiger partial charge in [-0.25, -0.2) is 19.5 Å². The lowest BCUT2D eigenvalue weighted by Crippen LogP contribution is -2.64. The van der Waals surface area contributed by atoms with Crippen molar-refractivity contribution in [3.8, 4) is 0 Å². The van der Waals surface area contributed by atoms with E-state index in [2.05, 4.69) is 30.1 Å². The van der Waals surface area contributed by atoms with E-state index in [1.165, 1.54) is 24.1 Å². The smallest absolute Gasteiger partial charge is 0.394 e. The van der Waals surface area contributed by atoms with Crippen molar-refractivity contribution in [3.05, 3.63) is 12.7 Å². The van der Waals surface area contributed by atoms with Crippen molar-refractivity contribution in [2.45, 2.75) is 81.4 Å². The second-order valence-corrected chi connectivity index (χ2v) is 13.0. The highest BCUT2D eigenvalue weighted by molar-refractivity contribution is 7.46. The maximum atomic E-state index is 12.2. The standard InChI is InChI=1S/C28H46N7O16P/c1-15(37)34-19-23(41)21(39)16(10-36)51-28(19)47-6-3-2-4-18(38)30-5-7-45-8-9-46-14-48-24-22(40)17(11-49-52(42,43)44)50-27(24)35-13-33-20-25(29)31-12-32-26(20)35/h12-13,16-17,19,21-24,27-28,36,39-41H,2-11,14H2,1H3,(H,30,38)(H,34,37)(H2,29,31,32)(H2,42,43,44)/t16-,17-,19-,21?,22-,23-,24-,27-,28?/m1/s1. The summed E-state index contributed by atoms with van der Waals surface area (Å²) in [5, 5.41) is 45.8. The van der Waals surface area contributed by atoms with Gasteiger partial charge in [0, 0.05) is 26.5 Å².